The van der Waals surface area contributed by atoms with E-state index in [1.807, 2.05) is 0 Å². The van der Waals surface area contributed by atoms with Gasteiger partial charge in [0.05, 0.1) is 0 Å². The van der Waals surface area contributed by atoms with Gasteiger partial charge in [0.25, 0.3) is 5.91 Å². The Kier molecular flexibility index (Phi) is 6.51. The highest BCUT2D eigenvalue weighted by Gasteiger charge is 2.31. The van der Waals surface area contributed by atoms with Crippen LogP contribution in [0.5, 0.6) is 0 Å². The molecule has 1 N–H and O–H groups in total. The molecule has 0 spiro atoms. The number of hydrogen-bond acceptors (Lipinski definition) is 2. The van der Waals surface area contributed by atoms with Gasteiger partial charge in [-0.05, 0) is 43.2 Å². The maximum Gasteiger partial charge on any atom is 0.257 e. The minimum absolute atomic E-state index is 0.186. The molecule has 4 nitrogen and oxygen atoms in total. The van der Waals surface area contributed by atoms with E-state index in [9.17, 15) is 18.4 Å². The first kappa shape index (κ1) is 19.3. The van der Waals surface area contributed by atoms with Crippen molar-refractivity contribution in [1.82, 2.24) is 10.2 Å². The van der Waals surface area contributed by atoms with Crippen molar-refractivity contribution >= 4 is 11.8 Å². The van der Waals surface area contributed by atoms with Crippen LogP contribution in [0.2, 0.25) is 0 Å². The van der Waals surface area contributed by atoms with Crippen LogP contribution >= 0.6 is 0 Å². The summed E-state index contributed by atoms with van der Waals surface area (Å²) in [5.41, 5.74) is -0.648. The van der Waals surface area contributed by atoms with Crippen LogP contribution in [0, 0.1) is 23.5 Å². The highest BCUT2D eigenvalue weighted by molar-refractivity contribution is 5.98. The van der Waals surface area contributed by atoms with Crippen molar-refractivity contribution in [2.45, 2.75) is 46.1 Å². The van der Waals surface area contributed by atoms with E-state index >= 15 is 0 Å². The molecule has 2 rings (SSSR count). The number of carbonyl (C=O) groups excluding carboxylic acids is 2. The summed E-state index contributed by atoms with van der Waals surface area (Å²) in [6.45, 7) is 7.07. The Balaban J connectivity index is 2.15. The maximum atomic E-state index is 13.8. The van der Waals surface area contributed by atoms with Crippen LogP contribution in [0.3, 0.4) is 0 Å². The van der Waals surface area contributed by atoms with E-state index in [2.05, 4.69) is 12.2 Å². The second-order valence-electron chi connectivity index (χ2n) is 7.15. The maximum absolute atomic E-state index is 13.8. The van der Waals surface area contributed by atoms with E-state index in [0.29, 0.717) is 19.0 Å². The van der Waals surface area contributed by atoms with Crippen LogP contribution in [-0.2, 0) is 4.79 Å². The van der Waals surface area contributed by atoms with Crippen LogP contribution in [0.15, 0.2) is 18.2 Å². The molecule has 0 saturated carbocycles. The first-order valence-electron chi connectivity index (χ1n) is 8.85. The first-order chi connectivity index (χ1) is 11.8. The second-order valence-corrected chi connectivity index (χ2v) is 7.15. The SMILES string of the molecule is CC(C)[C@@H](NC(=O)c1c(F)cccc1F)C(=O)N1CCC[C@@H](C)CC1. The molecule has 1 aromatic rings. The van der Waals surface area contributed by atoms with E-state index in [1.54, 1.807) is 18.7 Å². The fourth-order valence-corrected chi connectivity index (χ4v) is 3.12. The monoisotopic (exact) mass is 352 g/mol. The number of hydrogen-bond donors (Lipinski definition) is 1. The van der Waals surface area contributed by atoms with E-state index in [-0.39, 0.29) is 11.8 Å². The van der Waals surface area contributed by atoms with Gasteiger partial charge in [0.2, 0.25) is 5.91 Å². The molecule has 0 unspecified atom stereocenters. The highest BCUT2D eigenvalue weighted by atomic mass is 19.1. The van der Waals surface area contributed by atoms with Crippen molar-refractivity contribution < 1.29 is 18.4 Å². The number of nitrogens with one attached hydrogen (secondary N) is 1. The number of amides is 2. The fraction of sp³-hybridized carbons (Fsp3) is 0.579. The standard InChI is InChI=1S/C19H26F2N2O2/c1-12(2)17(19(25)23-10-5-6-13(3)9-11-23)22-18(24)16-14(20)7-4-8-15(16)21/h4,7-8,12-13,17H,5-6,9-11H2,1-3H3,(H,22,24)/t13-,17-/m1/s1. The predicted molar refractivity (Wildman–Crippen MR) is 92.0 cm³/mol. The molecular weight excluding hydrogens is 326 g/mol. The van der Waals surface area contributed by atoms with E-state index < -0.39 is 29.1 Å². The van der Waals surface area contributed by atoms with Gasteiger partial charge in [0, 0.05) is 13.1 Å². The molecule has 1 fully saturated rings. The third kappa shape index (κ3) is 4.77. The molecule has 0 aliphatic carbocycles. The summed E-state index contributed by atoms with van der Waals surface area (Å²) in [4.78, 5) is 27.0. The number of likely N-dealkylation sites (tertiary alicyclic amines) is 1. The van der Waals surface area contributed by atoms with Crippen molar-refractivity contribution in [2.75, 3.05) is 13.1 Å². The third-order valence-corrected chi connectivity index (χ3v) is 4.74. The molecule has 2 amide bonds. The van der Waals surface area contributed by atoms with Gasteiger partial charge in [-0.2, -0.15) is 0 Å². The molecule has 1 aliphatic heterocycles. The molecule has 0 aromatic heterocycles. The Morgan fingerprint density at radius 1 is 1.16 bits per heavy atom. The number of benzene rings is 1. The van der Waals surface area contributed by atoms with Crippen LogP contribution in [-0.4, -0.2) is 35.8 Å². The lowest BCUT2D eigenvalue weighted by molar-refractivity contribution is -0.134. The summed E-state index contributed by atoms with van der Waals surface area (Å²) in [7, 11) is 0. The van der Waals surface area contributed by atoms with Crippen LogP contribution in [0.4, 0.5) is 8.78 Å². The summed E-state index contributed by atoms with van der Waals surface area (Å²) in [6.07, 6.45) is 2.92. The van der Waals surface area contributed by atoms with Crippen molar-refractivity contribution in [1.29, 1.82) is 0 Å². The Morgan fingerprint density at radius 3 is 2.40 bits per heavy atom. The Labute approximate surface area is 147 Å². The zero-order valence-electron chi connectivity index (χ0n) is 15.0. The number of carbonyl (C=O) groups is 2. The fourth-order valence-electron chi connectivity index (χ4n) is 3.12. The molecular formula is C19H26F2N2O2. The topological polar surface area (TPSA) is 49.4 Å². The molecule has 6 heteroatoms. The average molecular weight is 352 g/mol. The minimum Gasteiger partial charge on any atom is -0.341 e. The molecule has 1 aromatic carbocycles. The Hall–Kier alpha value is -1.98. The molecule has 138 valence electrons. The zero-order chi connectivity index (χ0) is 18.6. The summed E-state index contributed by atoms with van der Waals surface area (Å²) < 4.78 is 27.6. The highest BCUT2D eigenvalue weighted by Crippen LogP contribution is 2.19. The summed E-state index contributed by atoms with van der Waals surface area (Å²) in [5.74, 6) is -2.57. The number of rotatable bonds is 4. The molecule has 0 bridgehead atoms. The smallest absolute Gasteiger partial charge is 0.257 e. The van der Waals surface area contributed by atoms with Crippen LogP contribution in [0.25, 0.3) is 0 Å². The van der Waals surface area contributed by atoms with Gasteiger partial charge < -0.3 is 10.2 Å². The number of halogens is 2. The molecule has 1 aliphatic rings. The quantitative estimate of drug-likeness (QED) is 0.903. The lowest BCUT2D eigenvalue weighted by atomic mass is 10.0. The van der Waals surface area contributed by atoms with Gasteiger partial charge in [-0.1, -0.05) is 26.8 Å². The van der Waals surface area contributed by atoms with Crippen molar-refractivity contribution in [3.63, 3.8) is 0 Å². The molecule has 1 heterocycles. The van der Waals surface area contributed by atoms with Crippen LogP contribution < -0.4 is 5.32 Å². The molecule has 0 radical (unpaired) electrons. The Bertz CT molecular complexity index is 614. The average Bonchev–Trinajstić information content (AvgIpc) is 2.76. The van der Waals surface area contributed by atoms with Gasteiger partial charge in [0.1, 0.15) is 23.2 Å². The molecule has 25 heavy (non-hydrogen) atoms. The van der Waals surface area contributed by atoms with E-state index in [1.165, 1.54) is 6.07 Å². The van der Waals surface area contributed by atoms with Gasteiger partial charge in [0.15, 0.2) is 0 Å². The lowest BCUT2D eigenvalue weighted by Crippen LogP contribution is -2.51. The van der Waals surface area contributed by atoms with Gasteiger partial charge in [-0.15, -0.1) is 0 Å². The van der Waals surface area contributed by atoms with Crippen molar-refractivity contribution in [2.24, 2.45) is 11.8 Å². The second kappa shape index (κ2) is 8.41. The number of nitrogens with zero attached hydrogens (tertiary/aromatic N) is 1. The summed E-state index contributed by atoms with van der Waals surface area (Å²) in [6, 6.07) is 2.45. The van der Waals surface area contributed by atoms with Crippen LogP contribution in [0.1, 0.15) is 50.4 Å². The predicted octanol–water partition coefficient (Wildman–Crippen LogP) is 3.37. The third-order valence-electron chi connectivity index (χ3n) is 4.74. The van der Waals surface area contributed by atoms with Gasteiger partial charge in [-0.3, -0.25) is 9.59 Å². The largest absolute Gasteiger partial charge is 0.341 e. The van der Waals surface area contributed by atoms with E-state index in [0.717, 1.165) is 31.4 Å². The summed E-state index contributed by atoms with van der Waals surface area (Å²) >= 11 is 0. The zero-order valence-corrected chi connectivity index (χ0v) is 15.0. The van der Waals surface area contributed by atoms with E-state index in [4.69, 9.17) is 0 Å². The summed E-state index contributed by atoms with van der Waals surface area (Å²) in [5, 5.41) is 2.53. The Morgan fingerprint density at radius 2 is 1.80 bits per heavy atom. The minimum atomic E-state index is -0.934. The normalized spacial score (nSPS) is 19.4. The molecule has 2 atom stereocenters. The van der Waals surface area contributed by atoms with Gasteiger partial charge >= 0.3 is 0 Å². The first-order valence-corrected chi connectivity index (χ1v) is 8.85. The molecule has 1 saturated heterocycles. The van der Waals surface area contributed by atoms with Gasteiger partial charge in [-0.25, -0.2) is 8.78 Å². The lowest BCUT2D eigenvalue weighted by Gasteiger charge is -2.29. The van der Waals surface area contributed by atoms with Crippen molar-refractivity contribution in [3.05, 3.63) is 35.4 Å². The van der Waals surface area contributed by atoms with Crippen molar-refractivity contribution in [3.8, 4) is 0 Å².